The summed E-state index contributed by atoms with van der Waals surface area (Å²) < 4.78 is 15.9. The van der Waals surface area contributed by atoms with Gasteiger partial charge in [0.1, 0.15) is 6.04 Å². The van der Waals surface area contributed by atoms with Crippen LogP contribution >= 0.6 is 0 Å². The number of carbonyl (C=O) groups is 1. The highest BCUT2D eigenvalue weighted by molar-refractivity contribution is 5.77. The summed E-state index contributed by atoms with van der Waals surface area (Å²) in [4.78, 5) is 17.0. The summed E-state index contributed by atoms with van der Waals surface area (Å²) in [6.07, 6.45) is 0. The highest BCUT2D eigenvalue weighted by atomic mass is 16.7. The van der Waals surface area contributed by atoms with Crippen LogP contribution in [-0.4, -0.2) is 55.9 Å². The fourth-order valence-electron chi connectivity index (χ4n) is 3.72. The number of ether oxygens (including phenoxy) is 3. The van der Waals surface area contributed by atoms with Crippen LogP contribution in [-0.2, 0) is 16.1 Å². The van der Waals surface area contributed by atoms with Crippen molar-refractivity contribution < 1.29 is 19.0 Å². The van der Waals surface area contributed by atoms with Gasteiger partial charge in [-0.3, -0.25) is 9.80 Å². The second-order valence-electron chi connectivity index (χ2n) is 6.84. The molecule has 0 aromatic heterocycles. The van der Waals surface area contributed by atoms with Gasteiger partial charge in [0.15, 0.2) is 11.5 Å². The molecule has 1 saturated heterocycles. The van der Waals surface area contributed by atoms with Gasteiger partial charge in [0, 0.05) is 32.7 Å². The third kappa shape index (κ3) is 3.91. The molecule has 142 valence electrons. The Balaban J connectivity index is 1.39. The number of benzene rings is 2. The van der Waals surface area contributed by atoms with Crippen molar-refractivity contribution in [1.82, 2.24) is 9.80 Å². The summed E-state index contributed by atoms with van der Waals surface area (Å²) in [5, 5.41) is 0. The molecule has 6 nitrogen and oxygen atoms in total. The molecular weight excluding hydrogens is 344 g/mol. The molecule has 0 spiro atoms. The van der Waals surface area contributed by atoms with Gasteiger partial charge in [-0.25, -0.2) is 4.79 Å². The number of piperazine rings is 1. The molecule has 2 heterocycles. The zero-order valence-electron chi connectivity index (χ0n) is 15.5. The van der Waals surface area contributed by atoms with Gasteiger partial charge in [0.05, 0.1) is 7.11 Å². The third-order valence-corrected chi connectivity index (χ3v) is 5.15. The summed E-state index contributed by atoms with van der Waals surface area (Å²) in [5.41, 5.74) is 2.19. The third-order valence-electron chi connectivity index (χ3n) is 5.15. The van der Waals surface area contributed by atoms with E-state index in [4.69, 9.17) is 14.2 Å². The van der Waals surface area contributed by atoms with Crippen molar-refractivity contribution in [2.24, 2.45) is 0 Å². The molecule has 0 N–H and O–H groups in total. The van der Waals surface area contributed by atoms with Crippen LogP contribution in [0.3, 0.4) is 0 Å². The molecule has 2 aromatic rings. The van der Waals surface area contributed by atoms with E-state index in [9.17, 15) is 4.79 Å². The molecule has 0 amide bonds. The Morgan fingerprint density at radius 3 is 2.52 bits per heavy atom. The van der Waals surface area contributed by atoms with E-state index in [1.54, 1.807) is 0 Å². The van der Waals surface area contributed by atoms with Crippen LogP contribution in [0.2, 0.25) is 0 Å². The average molecular weight is 368 g/mol. The first-order valence-corrected chi connectivity index (χ1v) is 9.22. The van der Waals surface area contributed by atoms with Gasteiger partial charge >= 0.3 is 5.97 Å². The van der Waals surface area contributed by atoms with Crippen molar-refractivity contribution in [3.63, 3.8) is 0 Å². The number of carbonyl (C=O) groups excluding carboxylic acids is 1. The van der Waals surface area contributed by atoms with E-state index in [0.29, 0.717) is 6.79 Å². The zero-order valence-corrected chi connectivity index (χ0v) is 15.5. The number of rotatable bonds is 5. The lowest BCUT2D eigenvalue weighted by Gasteiger charge is -2.38. The number of fused-ring (bicyclic) bond motifs is 1. The second-order valence-corrected chi connectivity index (χ2v) is 6.84. The number of hydrogen-bond acceptors (Lipinski definition) is 6. The largest absolute Gasteiger partial charge is 0.468 e. The van der Waals surface area contributed by atoms with E-state index in [1.807, 2.05) is 36.4 Å². The fraction of sp³-hybridized carbons (Fsp3) is 0.381. The number of esters is 1. The van der Waals surface area contributed by atoms with Crippen molar-refractivity contribution in [3.05, 3.63) is 59.7 Å². The topological polar surface area (TPSA) is 51.2 Å². The van der Waals surface area contributed by atoms with Crippen LogP contribution in [0, 0.1) is 0 Å². The van der Waals surface area contributed by atoms with E-state index >= 15 is 0 Å². The Bertz CT molecular complexity index is 788. The highest BCUT2D eigenvalue weighted by Crippen LogP contribution is 2.33. The van der Waals surface area contributed by atoms with E-state index in [2.05, 4.69) is 21.9 Å². The Hall–Kier alpha value is -2.57. The molecule has 0 saturated carbocycles. The van der Waals surface area contributed by atoms with Crippen LogP contribution < -0.4 is 9.47 Å². The number of nitrogens with zero attached hydrogens (tertiary/aromatic N) is 2. The fourth-order valence-corrected chi connectivity index (χ4v) is 3.72. The molecule has 2 aliphatic heterocycles. The minimum Gasteiger partial charge on any atom is -0.468 e. The Labute approximate surface area is 159 Å². The summed E-state index contributed by atoms with van der Waals surface area (Å²) in [6.45, 7) is 4.59. The first-order chi connectivity index (χ1) is 13.2. The van der Waals surface area contributed by atoms with Crippen molar-refractivity contribution in [2.45, 2.75) is 12.6 Å². The SMILES string of the molecule is COC(=O)C(c1ccccc1)N1CCN(Cc2ccc3c(c2)OCO3)CC1. The van der Waals surface area contributed by atoms with E-state index in [1.165, 1.54) is 12.7 Å². The maximum absolute atomic E-state index is 12.4. The van der Waals surface area contributed by atoms with Crippen LogP contribution in [0.15, 0.2) is 48.5 Å². The molecule has 4 rings (SSSR count). The molecule has 2 aliphatic rings. The Morgan fingerprint density at radius 1 is 1.04 bits per heavy atom. The predicted molar refractivity (Wildman–Crippen MR) is 101 cm³/mol. The summed E-state index contributed by atoms with van der Waals surface area (Å²) in [7, 11) is 1.45. The van der Waals surface area contributed by atoms with Gasteiger partial charge in [-0.2, -0.15) is 0 Å². The normalized spacial score (nSPS) is 18.3. The van der Waals surface area contributed by atoms with Crippen molar-refractivity contribution >= 4 is 5.97 Å². The lowest BCUT2D eigenvalue weighted by Crippen LogP contribution is -2.49. The Morgan fingerprint density at radius 2 is 1.78 bits per heavy atom. The summed E-state index contributed by atoms with van der Waals surface area (Å²) in [6, 6.07) is 15.6. The minimum atomic E-state index is -0.344. The molecular formula is C21H24N2O4. The predicted octanol–water partition coefficient (Wildman–Crippen LogP) is 2.45. The number of hydrogen-bond donors (Lipinski definition) is 0. The lowest BCUT2D eigenvalue weighted by atomic mass is 10.0. The quantitative estimate of drug-likeness (QED) is 0.756. The van der Waals surface area contributed by atoms with Crippen LogP contribution in [0.4, 0.5) is 0 Å². The van der Waals surface area contributed by atoms with Gasteiger partial charge < -0.3 is 14.2 Å². The van der Waals surface area contributed by atoms with Gasteiger partial charge in [-0.1, -0.05) is 36.4 Å². The highest BCUT2D eigenvalue weighted by Gasteiger charge is 2.31. The molecule has 6 heteroatoms. The maximum Gasteiger partial charge on any atom is 0.327 e. The molecule has 2 aromatic carbocycles. The molecule has 27 heavy (non-hydrogen) atoms. The maximum atomic E-state index is 12.4. The molecule has 1 fully saturated rings. The zero-order chi connectivity index (χ0) is 18.6. The molecule has 0 bridgehead atoms. The smallest absolute Gasteiger partial charge is 0.327 e. The van der Waals surface area contributed by atoms with Crippen LogP contribution in [0.5, 0.6) is 11.5 Å². The second kappa shape index (κ2) is 7.98. The van der Waals surface area contributed by atoms with Crippen molar-refractivity contribution in [1.29, 1.82) is 0 Å². The molecule has 1 atom stereocenters. The van der Waals surface area contributed by atoms with Gasteiger partial charge in [0.25, 0.3) is 0 Å². The minimum absolute atomic E-state index is 0.203. The standard InChI is InChI=1S/C21H24N2O4/c1-25-21(24)20(17-5-3-2-4-6-17)23-11-9-22(10-12-23)14-16-7-8-18-19(13-16)27-15-26-18/h2-8,13,20H,9-12,14-15H2,1H3. The molecule has 0 aliphatic carbocycles. The number of methoxy groups -OCH3 is 1. The molecule has 1 unspecified atom stereocenters. The molecule has 0 radical (unpaired) electrons. The van der Waals surface area contributed by atoms with E-state index in [0.717, 1.165) is 49.8 Å². The van der Waals surface area contributed by atoms with Crippen molar-refractivity contribution in [3.8, 4) is 11.5 Å². The average Bonchev–Trinajstić information content (AvgIpc) is 3.18. The van der Waals surface area contributed by atoms with Gasteiger partial charge in [-0.05, 0) is 23.3 Å². The van der Waals surface area contributed by atoms with Crippen molar-refractivity contribution in [2.75, 3.05) is 40.1 Å². The monoisotopic (exact) mass is 368 g/mol. The Kier molecular flexibility index (Phi) is 5.27. The van der Waals surface area contributed by atoms with E-state index in [-0.39, 0.29) is 12.0 Å². The summed E-state index contributed by atoms with van der Waals surface area (Å²) in [5.74, 6) is 1.43. The first-order valence-electron chi connectivity index (χ1n) is 9.22. The van der Waals surface area contributed by atoms with Crippen LogP contribution in [0.25, 0.3) is 0 Å². The van der Waals surface area contributed by atoms with E-state index < -0.39 is 0 Å². The van der Waals surface area contributed by atoms with Gasteiger partial charge in [-0.15, -0.1) is 0 Å². The lowest BCUT2D eigenvalue weighted by molar-refractivity contribution is -0.148. The van der Waals surface area contributed by atoms with Gasteiger partial charge in [0.2, 0.25) is 6.79 Å². The van der Waals surface area contributed by atoms with Crippen LogP contribution in [0.1, 0.15) is 17.2 Å². The first kappa shape index (κ1) is 17.8. The summed E-state index contributed by atoms with van der Waals surface area (Å²) >= 11 is 0.